The van der Waals surface area contributed by atoms with Crippen molar-refractivity contribution in [2.24, 2.45) is 0 Å². The molecule has 33 heavy (non-hydrogen) atoms. The highest BCUT2D eigenvalue weighted by Crippen LogP contribution is 2.35. The molecule has 0 aliphatic heterocycles. The van der Waals surface area contributed by atoms with Crippen LogP contribution in [0, 0.1) is 0 Å². The summed E-state index contributed by atoms with van der Waals surface area (Å²) < 4.78 is 6.21. The molecule has 1 amide bonds. The number of benzene rings is 3. The molecule has 166 valence electrons. The summed E-state index contributed by atoms with van der Waals surface area (Å²) in [6.45, 7) is 3.08. The first-order valence-corrected chi connectivity index (χ1v) is 11.3. The van der Waals surface area contributed by atoms with Gasteiger partial charge in [-0.3, -0.25) is 9.78 Å². The Bertz CT molecular complexity index is 1180. The van der Waals surface area contributed by atoms with Gasteiger partial charge in [-0.25, -0.2) is 0 Å². The first-order valence-electron chi connectivity index (χ1n) is 11.3. The summed E-state index contributed by atoms with van der Waals surface area (Å²) in [4.78, 5) is 17.0. The number of hydrogen-bond acceptors (Lipinski definition) is 3. The zero-order valence-corrected chi connectivity index (χ0v) is 18.8. The first-order chi connectivity index (χ1) is 16.2. The summed E-state index contributed by atoms with van der Waals surface area (Å²) in [5.41, 5.74) is 4.83. The van der Waals surface area contributed by atoms with Gasteiger partial charge in [-0.15, -0.1) is 0 Å². The molecule has 4 heteroatoms. The van der Waals surface area contributed by atoms with Gasteiger partial charge in [-0.1, -0.05) is 73.7 Å². The molecule has 1 heterocycles. The Labute approximate surface area is 195 Å². The Morgan fingerprint density at radius 1 is 0.909 bits per heavy atom. The Balaban J connectivity index is 1.51. The highest BCUT2D eigenvalue weighted by atomic mass is 16.5. The first kappa shape index (κ1) is 22.3. The summed E-state index contributed by atoms with van der Waals surface area (Å²) in [5, 5.41) is 2.96. The molecule has 0 bridgehead atoms. The molecule has 0 saturated carbocycles. The van der Waals surface area contributed by atoms with Gasteiger partial charge >= 0.3 is 0 Å². The fourth-order valence-corrected chi connectivity index (χ4v) is 3.94. The Hall–Kier alpha value is -3.92. The van der Waals surface area contributed by atoms with Crippen LogP contribution in [-0.2, 0) is 13.2 Å². The van der Waals surface area contributed by atoms with Gasteiger partial charge in [0.15, 0.2) is 0 Å². The monoisotopic (exact) mass is 436 g/mol. The van der Waals surface area contributed by atoms with E-state index in [9.17, 15) is 4.79 Å². The third kappa shape index (κ3) is 5.86. The summed E-state index contributed by atoms with van der Waals surface area (Å²) in [6, 6.07) is 31.9. The minimum absolute atomic E-state index is 0.106. The molecule has 4 rings (SSSR count). The highest BCUT2D eigenvalue weighted by molar-refractivity contribution is 5.94. The standard InChI is InChI=1S/C29H28N2O2/c1-2-26(27-16-6-7-17-28(27)33-21-22-11-4-3-5-12-22)23-13-10-14-24(19-23)29(32)31-20-25-15-8-9-18-30-25/h3-19,26H,2,20-21H2,1H3,(H,31,32). The second kappa shape index (κ2) is 11.1. The molecule has 4 nitrogen and oxygen atoms in total. The van der Waals surface area contributed by atoms with E-state index in [2.05, 4.69) is 41.5 Å². The maximum atomic E-state index is 12.8. The van der Waals surface area contributed by atoms with Crippen molar-refractivity contribution in [2.45, 2.75) is 32.4 Å². The average Bonchev–Trinajstić information content (AvgIpc) is 2.88. The molecule has 3 aromatic carbocycles. The van der Waals surface area contributed by atoms with Crippen molar-refractivity contribution in [3.05, 3.63) is 131 Å². The maximum absolute atomic E-state index is 12.8. The number of nitrogens with one attached hydrogen (secondary N) is 1. The maximum Gasteiger partial charge on any atom is 0.251 e. The number of hydrogen-bond donors (Lipinski definition) is 1. The molecular weight excluding hydrogens is 408 g/mol. The van der Waals surface area contributed by atoms with Gasteiger partial charge in [0, 0.05) is 23.2 Å². The van der Waals surface area contributed by atoms with E-state index in [1.807, 2.05) is 72.8 Å². The van der Waals surface area contributed by atoms with Crippen molar-refractivity contribution in [1.29, 1.82) is 0 Å². The van der Waals surface area contributed by atoms with Gasteiger partial charge in [-0.05, 0) is 47.9 Å². The number of carbonyl (C=O) groups is 1. The van der Waals surface area contributed by atoms with Crippen LogP contribution in [0.5, 0.6) is 5.75 Å². The molecule has 0 aliphatic rings. The molecule has 1 aromatic heterocycles. The molecule has 1 atom stereocenters. The van der Waals surface area contributed by atoms with Crippen LogP contribution in [-0.4, -0.2) is 10.9 Å². The number of aromatic nitrogens is 1. The molecule has 0 spiro atoms. The van der Waals surface area contributed by atoms with E-state index in [-0.39, 0.29) is 11.8 Å². The molecule has 1 unspecified atom stereocenters. The Morgan fingerprint density at radius 2 is 1.70 bits per heavy atom. The van der Waals surface area contributed by atoms with E-state index in [1.54, 1.807) is 6.20 Å². The SMILES string of the molecule is CCC(c1cccc(C(=O)NCc2ccccn2)c1)c1ccccc1OCc1ccccc1. The van der Waals surface area contributed by atoms with Gasteiger partial charge < -0.3 is 10.1 Å². The predicted molar refractivity (Wildman–Crippen MR) is 131 cm³/mol. The van der Waals surface area contributed by atoms with Crippen LogP contribution in [0.1, 0.15) is 52.0 Å². The number of ether oxygens (including phenoxy) is 1. The van der Waals surface area contributed by atoms with Crippen molar-refractivity contribution < 1.29 is 9.53 Å². The summed E-state index contributed by atoms with van der Waals surface area (Å²) >= 11 is 0. The van der Waals surface area contributed by atoms with E-state index in [4.69, 9.17) is 4.74 Å². The average molecular weight is 437 g/mol. The number of para-hydroxylation sites is 1. The van der Waals surface area contributed by atoms with Crippen LogP contribution in [0.3, 0.4) is 0 Å². The molecule has 4 aromatic rings. The van der Waals surface area contributed by atoms with E-state index < -0.39 is 0 Å². The van der Waals surface area contributed by atoms with Crippen LogP contribution in [0.4, 0.5) is 0 Å². The number of pyridine rings is 1. The molecule has 0 fully saturated rings. The van der Waals surface area contributed by atoms with Gasteiger partial charge in [0.05, 0.1) is 12.2 Å². The van der Waals surface area contributed by atoms with Crippen molar-refractivity contribution in [3.63, 3.8) is 0 Å². The Morgan fingerprint density at radius 3 is 2.48 bits per heavy atom. The largest absolute Gasteiger partial charge is 0.489 e. The van der Waals surface area contributed by atoms with Crippen LogP contribution < -0.4 is 10.1 Å². The fourth-order valence-electron chi connectivity index (χ4n) is 3.94. The van der Waals surface area contributed by atoms with Crippen molar-refractivity contribution in [1.82, 2.24) is 10.3 Å². The number of rotatable bonds is 9. The van der Waals surface area contributed by atoms with E-state index in [1.165, 1.54) is 0 Å². The third-order valence-corrected chi connectivity index (χ3v) is 5.65. The topological polar surface area (TPSA) is 51.2 Å². The number of nitrogens with zero attached hydrogens (tertiary/aromatic N) is 1. The van der Waals surface area contributed by atoms with Gasteiger partial charge in [0.25, 0.3) is 5.91 Å². The fraction of sp³-hybridized carbons (Fsp3) is 0.172. The normalized spacial score (nSPS) is 11.5. The minimum Gasteiger partial charge on any atom is -0.489 e. The molecule has 0 radical (unpaired) electrons. The van der Waals surface area contributed by atoms with Gasteiger partial charge in [0.1, 0.15) is 12.4 Å². The second-order valence-electron chi connectivity index (χ2n) is 7.90. The lowest BCUT2D eigenvalue weighted by atomic mass is 9.87. The lowest BCUT2D eigenvalue weighted by molar-refractivity contribution is 0.0950. The molecule has 1 N–H and O–H groups in total. The third-order valence-electron chi connectivity index (χ3n) is 5.65. The van der Waals surface area contributed by atoms with Crippen LogP contribution >= 0.6 is 0 Å². The number of carbonyl (C=O) groups excluding carboxylic acids is 1. The lowest BCUT2D eigenvalue weighted by Crippen LogP contribution is -2.23. The molecule has 0 aliphatic carbocycles. The van der Waals surface area contributed by atoms with E-state index in [0.717, 1.165) is 34.6 Å². The van der Waals surface area contributed by atoms with E-state index >= 15 is 0 Å². The van der Waals surface area contributed by atoms with Crippen molar-refractivity contribution in [2.75, 3.05) is 0 Å². The number of amides is 1. The summed E-state index contributed by atoms with van der Waals surface area (Å²) in [6.07, 6.45) is 2.62. The van der Waals surface area contributed by atoms with Gasteiger partial charge in [0.2, 0.25) is 0 Å². The molecule has 0 saturated heterocycles. The lowest BCUT2D eigenvalue weighted by Gasteiger charge is -2.20. The minimum atomic E-state index is -0.106. The zero-order valence-electron chi connectivity index (χ0n) is 18.8. The van der Waals surface area contributed by atoms with Crippen molar-refractivity contribution >= 4 is 5.91 Å². The van der Waals surface area contributed by atoms with Crippen LogP contribution in [0.15, 0.2) is 103 Å². The summed E-state index contributed by atoms with van der Waals surface area (Å²) in [7, 11) is 0. The smallest absolute Gasteiger partial charge is 0.251 e. The summed E-state index contributed by atoms with van der Waals surface area (Å²) in [5.74, 6) is 0.893. The van der Waals surface area contributed by atoms with E-state index in [0.29, 0.717) is 18.7 Å². The second-order valence-corrected chi connectivity index (χ2v) is 7.90. The quantitative estimate of drug-likeness (QED) is 0.343. The zero-order chi connectivity index (χ0) is 22.9. The predicted octanol–water partition coefficient (Wildman–Crippen LogP) is 6.13. The Kier molecular flexibility index (Phi) is 7.49. The van der Waals surface area contributed by atoms with Crippen molar-refractivity contribution in [3.8, 4) is 5.75 Å². The van der Waals surface area contributed by atoms with Crippen LogP contribution in [0.2, 0.25) is 0 Å². The highest BCUT2D eigenvalue weighted by Gasteiger charge is 2.18. The molecular formula is C29H28N2O2. The van der Waals surface area contributed by atoms with Gasteiger partial charge in [-0.2, -0.15) is 0 Å². The van der Waals surface area contributed by atoms with Crippen LogP contribution in [0.25, 0.3) is 0 Å².